The van der Waals surface area contributed by atoms with Gasteiger partial charge in [0, 0.05) is 19.0 Å². The van der Waals surface area contributed by atoms with Crippen LogP contribution in [0.15, 0.2) is 10.7 Å². The van der Waals surface area contributed by atoms with Crippen LogP contribution in [0.1, 0.15) is 17.5 Å². The number of oxazole rings is 1. The van der Waals surface area contributed by atoms with Crippen LogP contribution in [-0.4, -0.2) is 34.2 Å². The predicted octanol–water partition coefficient (Wildman–Crippen LogP) is 1.31. The lowest BCUT2D eigenvalue weighted by atomic mass is 10.2. The van der Waals surface area contributed by atoms with Gasteiger partial charge in [0.15, 0.2) is 5.89 Å². The largest absolute Gasteiger partial charge is 0.465 e. The smallest absolute Gasteiger partial charge is 0.407 e. The topological polar surface area (TPSA) is 66.6 Å². The monoisotopic (exact) mass is 208 g/mol. The van der Waals surface area contributed by atoms with Crippen molar-refractivity contribution >= 4 is 6.09 Å². The Morgan fingerprint density at radius 2 is 2.27 bits per heavy atom. The van der Waals surface area contributed by atoms with E-state index in [0.29, 0.717) is 30.8 Å². The highest BCUT2D eigenvalue weighted by Gasteiger charge is 2.59. The second-order valence-electron chi connectivity index (χ2n) is 4.37. The van der Waals surface area contributed by atoms with Crippen LogP contribution in [0.5, 0.6) is 0 Å². The van der Waals surface area contributed by atoms with Gasteiger partial charge in [0.2, 0.25) is 0 Å². The number of amides is 1. The van der Waals surface area contributed by atoms with Gasteiger partial charge in [0.1, 0.15) is 6.26 Å². The van der Waals surface area contributed by atoms with Gasteiger partial charge < -0.3 is 14.4 Å². The molecule has 1 unspecified atom stereocenters. The fourth-order valence-corrected chi connectivity index (χ4v) is 2.57. The van der Waals surface area contributed by atoms with Crippen molar-refractivity contribution in [2.24, 2.45) is 11.8 Å². The highest BCUT2D eigenvalue weighted by atomic mass is 16.4. The van der Waals surface area contributed by atoms with Crippen molar-refractivity contribution in [1.82, 2.24) is 9.88 Å². The molecule has 1 saturated heterocycles. The zero-order valence-corrected chi connectivity index (χ0v) is 8.38. The van der Waals surface area contributed by atoms with Gasteiger partial charge in [0.05, 0.1) is 5.69 Å². The molecule has 0 radical (unpaired) electrons. The van der Waals surface area contributed by atoms with Crippen LogP contribution in [0.3, 0.4) is 0 Å². The Balaban J connectivity index is 1.70. The van der Waals surface area contributed by atoms with Crippen LogP contribution < -0.4 is 0 Å². The molecule has 0 spiro atoms. The quantitative estimate of drug-likeness (QED) is 0.755. The Labute approximate surface area is 86.7 Å². The SMILES string of the molecule is Cc1coc(C2[C@H]3CN(C(=O)O)C[C@@H]23)n1. The van der Waals surface area contributed by atoms with Crippen molar-refractivity contribution in [2.45, 2.75) is 12.8 Å². The first kappa shape index (κ1) is 8.76. The van der Waals surface area contributed by atoms with Crippen LogP contribution in [0.25, 0.3) is 0 Å². The van der Waals surface area contributed by atoms with Gasteiger partial charge in [-0.15, -0.1) is 0 Å². The molecule has 1 aromatic heterocycles. The minimum atomic E-state index is -0.815. The number of nitrogens with zero attached hydrogens (tertiary/aromatic N) is 2. The third-order valence-electron chi connectivity index (χ3n) is 3.39. The standard InChI is InChI=1S/C10H12N2O3/c1-5-4-15-9(11-5)8-6-2-12(10(13)14)3-7(6)8/h4,6-8H,2-3H2,1H3,(H,13,14)/t6-,7+,8?. The van der Waals surface area contributed by atoms with Gasteiger partial charge in [-0.1, -0.05) is 0 Å². The summed E-state index contributed by atoms with van der Waals surface area (Å²) >= 11 is 0. The molecule has 3 atom stereocenters. The third kappa shape index (κ3) is 1.22. The van der Waals surface area contributed by atoms with Gasteiger partial charge in [-0.25, -0.2) is 9.78 Å². The first-order valence-corrected chi connectivity index (χ1v) is 5.06. The number of hydrogen-bond acceptors (Lipinski definition) is 3. The summed E-state index contributed by atoms with van der Waals surface area (Å²) in [6.07, 6.45) is 0.836. The van der Waals surface area contributed by atoms with Gasteiger partial charge in [-0.3, -0.25) is 0 Å². The lowest BCUT2D eigenvalue weighted by molar-refractivity contribution is 0.149. The average molecular weight is 208 g/mol. The summed E-state index contributed by atoms with van der Waals surface area (Å²) < 4.78 is 5.34. The summed E-state index contributed by atoms with van der Waals surface area (Å²) in [6.45, 7) is 3.16. The molecule has 1 amide bonds. The Hall–Kier alpha value is -1.52. The second-order valence-corrected chi connectivity index (χ2v) is 4.37. The normalized spacial score (nSPS) is 32.9. The first-order chi connectivity index (χ1) is 7.16. The maximum Gasteiger partial charge on any atom is 0.407 e. The highest BCUT2D eigenvalue weighted by molar-refractivity contribution is 5.66. The minimum Gasteiger partial charge on any atom is -0.465 e. The molecule has 15 heavy (non-hydrogen) atoms. The van der Waals surface area contributed by atoms with Crippen molar-refractivity contribution in [3.63, 3.8) is 0 Å². The number of aromatic nitrogens is 1. The molecule has 2 aliphatic rings. The van der Waals surface area contributed by atoms with Crippen LogP contribution >= 0.6 is 0 Å². The molecule has 0 aromatic carbocycles. The van der Waals surface area contributed by atoms with Gasteiger partial charge in [0.25, 0.3) is 0 Å². The molecule has 1 aliphatic heterocycles. The summed E-state index contributed by atoms with van der Waals surface area (Å²) in [4.78, 5) is 16.5. The first-order valence-electron chi connectivity index (χ1n) is 5.06. The number of hydrogen-bond donors (Lipinski definition) is 1. The second kappa shape index (κ2) is 2.74. The number of rotatable bonds is 1. The minimum absolute atomic E-state index is 0.356. The molecular weight excluding hydrogens is 196 g/mol. The molecule has 1 aromatic rings. The number of fused-ring (bicyclic) bond motifs is 1. The molecule has 1 aliphatic carbocycles. The summed E-state index contributed by atoms with van der Waals surface area (Å²) in [7, 11) is 0. The van der Waals surface area contributed by atoms with Crippen LogP contribution in [0.2, 0.25) is 0 Å². The maximum atomic E-state index is 10.7. The summed E-state index contributed by atoms with van der Waals surface area (Å²) in [5, 5.41) is 8.80. The summed E-state index contributed by atoms with van der Waals surface area (Å²) in [5.74, 6) is 2.00. The van der Waals surface area contributed by atoms with E-state index in [9.17, 15) is 4.79 Å². The van der Waals surface area contributed by atoms with Crippen molar-refractivity contribution in [2.75, 3.05) is 13.1 Å². The number of carboxylic acid groups (broad SMARTS) is 1. The van der Waals surface area contributed by atoms with E-state index in [1.165, 1.54) is 4.90 Å². The molecule has 80 valence electrons. The van der Waals surface area contributed by atoms with Crippen LogP contribution in [0.4, 0.5) is 4.79 Å². The van der Waals surface area contributed by atoms with Gasteiger partial charge in [-0.05, 0) is 18.8 Å². The zero-order chi connectivity index (χ0) is 10.6. The highest BCUT2D eigenvalue weighted by Crippen LogP contribution is 2.57. The van der Waals surface area contributed by atoms with E-state index in [-0.39, 0.29) is 0 Å². The van der Waals surface area contributed by atoms with Crippen LogP contribution in [0, 0.1) is 18.8 Å². The average Bonchev–Trinajstić information content (AvgIpc) is 2.62. The molecule has 3 rings (SSSR count). The fraction of sp³-hybridized carbons (Fsp3) is 0.600. The summed E-state index contributed by atoms with van der Waals surface area (Å²) in [6, 6.07) is 0. The van der Waals surface area contributed by atoms with Crippen molar-refractivity contribution in [3.8, 4) is 0 Å². The Morgan fingerprint density at radius 3 is 2.73 bits per heavy atom. The van der Waals surface area contributed by atoms with E-state index in [1.807, 2.05) is 6.92 Å². The predicted molar refractivity (Wildman–Crippen MR) is 50.6 cm³/mol. The fourth-order valence-electron chi connectivity index (χ4n) is 2.57. The van der Waals surface area contributed by atoms with Crippen LogP contribution in [-0.2, 0) is 0 Å². The Kier molecular flexibility index (Phi) is 1.60. The molecule has 1 saturated carbocycles. The van der Waals surface area contributed by atoms with Crippen molar-refractivity contribution in [1.29, 1.82) is 0 Å². The molecule has 2 heterocycles. The van der Waals surface area contributed by atoms with Crippen molar-refractivity contribution in [3.05, 3.63) is 17.8 Å². The third-order valence-corrected chi connectivity index (χ3v) is 3.39. The molecule has 1 N–H and O–H groups in total. The lowest BCUT2D eigenvalue weighted by Crippen LogP contribution is -2.29. The van der Waals surface area contributed by atoms with Gasteiger partial charge in [-0.2, -0.15) is 0 Å². The lowest BCUT2D eigenvalue weighted by Gasteiger charge is -2.14. The van der Waals surface area contributed by atoms with E-state index < -0.39 is 6.09 Å². The van der Waals surface area contributed by atoms with E-state index in [1.54, 1.807) is 6.26 Å². The number of carbonyl (C=O) groups is 1. The van der Waals surface area contributed by atoms with E-state index in [0.717, 1.165) is 11.6 Å². The Bertz CT molecular complexity index is 403. The molecule has 5 nitrogen and oxygen atoms in total. The Morgan fingerprint density at radius 1 is 1.60 bits per heavy atom. The van der Waals surface area contributed by atoms with E-state index in [4.69, 9.17) is 9.52 Å². The zero-order valence-electron chi connectivity index (χ0n) is 8.38. The number of piperidine rings is 1. The maximum absolute atomic E-state index is 10.7. The van der Waals surface area contributed by atoms with E-state index in [2.05, 4.69) is 4.98 Å². The molecular formula is C10H12N2O3. The number of likely N-dealkylation sites (tertiary alicyclic amines) is 1. The summed E-state index contributed by atoms with van der Waals surface area (Å²) in [5.41, 5.74) is 0.894. The number of aryl methyl sites for hydroxylation is 1. The molecule has 2 fully saturated rings. The van der Waals surface area contributed by atoms with Crippen molar-refractivity contribution < 1.29 is 14.3 Å². The van der Waals surface area contributed by atoms with Gasteiger partial charge >= 0.3 is 6.09 Å². The van der Waals surface area contributed by atoms with E-state index >= 15 is 0 Å². The molecule has 5 heteroatoms. The molecule has 0 bridgehead atoms.